The number of amides is 2. The smallest absolute Gasteiger partial charge is 0.434 e. The van der Waals surface area contributed by atoms with E-state index in [0.717, 1.165) is 5.06 Å². The number of ether oxygens (including phenoxy) is 5. The molecule has 2 rings (SSSR count). The van der Waals surface area contributed by atoms with E-state index in [2.05, 4.69) is 0 Å². The average molecular weight is 439 g/mol. The fourth-order valence-corrected chi connectivity index (χ4v) is 2.47. The van der Waals surface area contributed by atoms with Crippen LogP contribution in [0.2, 0.25) is 0 Å². The van der Waals surface area contributed by atoms with Gasteiger partial charge in [0.2, 0.25) is 0 Å². The minimum absolute atomic E-state index is 0.0637. The van der Waals surface area contributed by atoms with Crippen molar-refractivity contribution in [1.29, 1.82) is 0 Å². The molecule has 0 aromatic heterocycles. The molecule has 0 spiro atoms. The summed E-state index contributed by atoms with van der Waals surface area (Å²) < 4.78 is 25.6. The van der Waals surface area contributed by atoms with Crippen LogP contribution < -0.4 is 0 Å². The van der Waals surface area contributed by atoms with Crippen molar-refractivity contribution in [2.45, 2.75) is 13.8 Å². The molecule has 1 aromatic carbocycles. The summed E-state index contributed by atoms with van der Waals surface area (Å²) in [5.74, 6) is -0.683. The molecular weight excluding hydrogens is 410 g/mol. The lowest BCUT2D eigenvalue weighted by atomic mass is 10.1. The third kappa shape index (κ3) is 8.62. The van der Waals surface area contributed by atoms with Crippen LogP contribution in [0.15, 0.2) is 24.3 Å². The van der Waals surface area contributed by atoms with Crippen molar-refractivity contribution in [3.63, 3.8) is 0 Å². The van der Waals surface area contributed by atoms with Crippen molar-refractivity contribution >= 4 is 18.0 Å². The van der Waals surface area contributed by atoms with E-state index >= 15 is 0 Å². The third-order valence-corrected chi connectivity index (χ3v) is 3.93. The lowest BCUT2D eigenvalue weighted by Crippen LogP contribution is -2.31. The molecule has 0 bridgehead atoms. The van der Waals surface area contributed by atoms with Crippen LogP contribution in [0, 0.1) is 5.92 Å². The van der Waals surface area contributed by atoms with Crippen LogP contribution in [0.25, 0.3) is 0 Å². The molecule has 2 amide bonds. The van der Waals surface area contributed by atoms with Gasteiger partial charge in [-0.1, -0.05) is 26.0 Å². The summed E-state index contributed by atoms with van der Waals surface area (Å²) in [6, 6.07) is 6.57. The fourth-order valence-electron chi connectivity index (χ4n) is 2.47. The molecule has 0 N–H and O–H groups in total. The van der Waals surface area contributed by atoms with Crippen molar-refractivity contribution < 1.29 is 42.9 Å². The molecule has 172 valence electrons. The standard InChI is InChI=1S/C21H29NO9/c1-16(2)15-30-21(25)29-13-11-27-9-7-26-8-10-28-12-14-31-22-19(23)17-5-3-4-6-18(17)20(22)24/h3-6,16H,7-15H2,1-2H3. The van der Waals surface area contributed by atoms with E-state index < -0.39 is 18.0 Å². The summed E-state index contributed by atoms with van der Waals surface area (Å²) in [5.41, 5.74) is 0.670. The van der Waals surface area contributed by atoms with Gasteiger partial charge in [0.1, 0.15) is 6.61 Å². The number of rotatable bonds is 15. The average Bonchev–Trinajstić information content (AvgIpc) is 3.00. The van der Waals surface area contributed by atoms with Crippen LogP contribution >= 0.6 is 0 Å². The quantitative estimate of drug-likeness (QED) is 0.230. The van der Waals surface area contributed by atoms with Crippen molar-refractivity contribution in [1.82, 2.24) is 5.06 Å². The minimum atomic E-state index is -0.697. The summed E-state index contributed by atoms with van der Waals surface area (Å²) in [6.45, 7) is 6.25. The monoisotopic (exact) mass is 439 g/mol. The second kappa shape index (κ2) is 13.7. The van der Waals surface area contributed by atoms with Crippen molar-refractivity contribution in [2.24, 2.45) is 5.92 Å². The number of hydrogen-bond acceptors (Lipinski definition) is 9. The number of carbonyl (C=O) groups excluding carboxylic acids is 3. The number of carbonyl (C=O) groups is 3. The van der Waals surface area contributed by atoms with Gasteiger partial charge in [0.25, 0.3) is 11.8 Å². The molecule has 1 aromatic rings. The first kappa shape index (κ1) is 24.7. The Balaban J connectivity index is 1.38. The Morgan fingerprint density at radius 1 is 0.774 bits per heavy atom. The second-order valence-electron chi connectivity index (χ2n) is 6.92. The Morgan fingerprint density at radius 2 is 1.26 bits per heavy atom. The van der Waals surface area contributed by atoms with E-state index in [1.165, 1.54) is 0 Å². The molecule has 0 fully saturated rings. The molecule has 10 heteroatoms. The number of hydrogen-bond donors (Lipinski definition) is 0. The topological polar surface area (TPSA) is 110 Å². The summed E-state index contributed by atoms with van der Waals surface area (Å²) in [6.07, 6.45) is -0.697. The molecule has 1 aliphatic rings. The normalized spacial score (nSPS) is 13.1. The highest BCUT2D eigenvalue weighted by molar-refractivity contribution is 6.20. The van der Waals surface area contributed by atoms with Gasteiger partial charge in [0.15, 0.2) is 0 Å². The highest BCUT2D eigenvalue weighted by atomic mass is 16.7. The molecular formula is C21H29NO9. The molecule has 10 nitrogen and oxygen atoms in total. The maximum atomic E-state index is 12.1. The third-order valence-electron chi connectivity index (χ3n) is 3.93. The zero-order valence-electron chi connectivity index (χ0n) is 17.9. The first-order valence-corrected chi connectivity index (χ1v) is 10.1. The Kier molecular flexibility index (Phi) is 10.9. The first-order chi connectivity index (χ1) is 15.0. The number of hydroxylamine groups is 2. The maximum absolute atomic E-state index is 12.1. The second-order valence-corrected chi connectivity index (χ2v) is 6.92. The summed E-state index contributed by atoms with van der Waals surface area (Å²) in [7, 11) is 0. The molecule has 1 aliphatic heterocycles. The lowest BCUT2D eigenvalue weighted by Gasteiger charge is -2.13. The lowest BCUT2D eigenvalue weighted by molar-refractivity contribution is -0.108. The van der Waals surface area contributed by atoms with Crippen LogP contribution in [-0.4, -0.2) is 82.5 Å². The van der Waals surface area contributed by atoms with Gasteiger partial charge >= 0.3 is 6.16 Å². The minimum Gasteiger partial charge on any atom is -0.434 e. The molecule has 0 aliphatic carbocycles. The largest absolute Gasteiger partial charge is 0.508 e. The van der Waals surface area contributed by atoms with Gasteiger partial charge in [-0.25, -0.2) is 4.79 Å². The predicted octanol–water partition coefficient (Wildman–Crippen LogP) is 2.07. The predicted molar refractivity (Wildman–Crippen MR) is 107 cm³/mol. The molecule has 0 saturated carbocycles. The van der Waals surface area contributed by atoms with E-state index in [4.69, 9.17) is 28.5 Å². The van der Waals surface area contributed by atoms with E-state index in [1.807, 2.05) is 13.8 Å². The molecule has 0 saturated heterocycles. The van der Waals surface area contributed by atoms with Gasteiger partial charge in [0, 0.05) is 0 Å². The Labute approximate surface area is 181 Å². The van der Waals surface area contributed by atoms with Crippen LogP contribution in [-0.2, 0) is 28.5 Å². The number of fused-ring (bicyclic) bond motifs is 1. The zero-order chi connectivity index (χ0) is 22.5. The first-order valence-electron chi connectivity index (χ1n) is 10.1. The fraction of sp³-hybridized carbons (Fsp3) is 0.571. The molecule has 0 radical (unpaired) electrons. The van der Waals surface area contributed by atoms with Crippen LogP contribution in [0.4, 0.5) is 4.79 Å². The molecule has 0 unspecified atom stereocenters. The maximum Gasteiger partial charge on any atom is 0.508 e. The number of benzene rings is 1. The van der Waals surface area contributed by atoms with Crippen LogP contribution in [0.3, 0.4) is 0 Å². The molecule has 31 heavy (non-hydrogen) atoms. The van der Waals surface area contributed by atoms with E-state index in [1.54, 1.807) is 24.3 Å². The van der Waals surface area contributed by atoms with Crippen molar-refractivity contribution in [3.8, 4) is 0 Å². The van der Waals surface area contributed by atoms with Gasteiger partial charge in [-0.15, -0.1) is 5.06 Å². The SMILES string of the molecule is CC(C)COC(=O)OCCOCCOCCOCCON1C(=O)c2ccccc2C1=O. The van der Waals surface area contributed by atoms with Gasteiger partial charge in [0.05, 0.1) is 64.0 Å². The highest BCUT2D eigenvalue weighted by Gasteiger charge is 2.36. The molecule has 0 atom stereocenters. The van der Waals surface area contributed by atoms with Gasteiger partial charge in [-0.2, -0.15) is 0 Å². The van der Waals surface area contributed by atoms with Gasteiger partial charge in [-0.05, 0) is 18.1 Å². The summed E-state index contributed by atoms with van der Waals surface area (Å²) in [4.78, 5) is 40.7. The Bertz CT molecular complexity index is 688. The zero-order valence-corrected chi connectivity index (χ0v) is 17.9. The van der Waals surface area contributed by atoms with Crippen LogP contribution in [0.5, 0.6) is 0 Å². The highest BCUT2D eigenvalue weighted by Crippen LogP contribution is 2.22. The van der Waals surface area contributed by atoms with Gasteiger partial charge in [-0.3, -0.25) is 14.4 Å². The van der Waals surface area contributed by atoms with Crippen LogP contribution in [0.1, 0.15) is 34.6 Å². The van der Waals surface area contributed by atoms with E-state index in [9.17, 15) is 14.4 Å². The Morgan fingerprint density at radius 3 is 1.77 bits per heavy atom. The Hall–Kier alpha value is -2.53. The van der Waals surface area contributed by atoms with E-state index in [-0.39, 0.29) is 32.3 Å². The molecule has 1 heterocycles. The summed E-state index contributed by atoms with van der Waals surface area (Å²) in [5, 5.41) is 0.760. The van der Waals surface area contributed by atoms with Gasteiger partial charge < -0.3 is 23.7 Å². The number of nitrogens with zero attached hydrogens (tertiary/aromatic N) is 1. The van der Waals surface area contributed by atoms with Crippen molar-refractivity contribution in [2.75, 3.05) is 59.5 Å². The van der Waals surface area contributed by atoms with Crippen molar-refractivity contribution in [3.05, 3.63) is 35.4 Å². The number of imide groups is 1. The van der Waals surface area contributed by atoms with E-state index in [0.29, 0.717) is 44.2 Å². The summed E-state index contributed by atoms with van der Waals surface area (Å²) >= 11 is 0.